The maximum Gasteiger partial charge on any atom is 0 e. The minimum atomic E-state index is -2.24. The number of furan rings is 1. The van der Waals surface area contributed by atoms with E-state index in [-0.39, 0.29) is 20.1 Å². The fraction of sp³-hybridized carbons (Fsp3) is 0.188. The SMILES string of the molecule is Cc1ccc2c(n1)oc1c(-c3nc4ccccc4n3-c3cccc4ccccc34)[c-]ccc12.[2H]C([2H])(c1cc(-c2[c-]cccc2)nc[c]1[Ge]([CH3])([CH3])[CH3])C(C)(C)C.[Ir]. The van der Waals surface area contributed by atoms with E-state index in [1.54, 1.807) is 0 Å². The number of para-hydroxylation sites is 2. The summed E-state index contributed by atoms with van der Waals surface area (Å²) in [6, 6.07) is 47.4. The van der Waals surface area contributed by atoms with Crippen LogP contribution in [0.4, 0.5) is 0 Å². The monoisotopic (exact) mass is 961 g/mol. The zero-order chi connectivity index (χ0) is 39.4. The van der Waals surface area contributed by atoms with Crippen LogP contribution in [0.25, 0.3) is 72.2 Å². The normalized spacial score (nSPS) is 12.6. The molecule has 0 atom stereocenters. The van der Waals surface area contributed by atoms with Crippen molar-refractivity contribution in [2.24, 2.45) is 5.41 Å². The molecule has 0 saturated carbocycles. The zero-order valence-corrected chi connectivity index (χ0v) is 36.6. The second kappa shape index (κ2) is 15.3. The number of nitrogens with zero attached hydrogens (tertiary/aromatic N) is 4. The molecule has 4 heterocycles. The van der Waals surface area contributed by atoms with Crippen molar-refractivity contribution >= 4 is 61.5 Å². The third-order valence-electron chi connectivity index (χ3n) is 9.44. The van der Waals surface area contributed by atoms with E-state index in [2.05, 4.69) is 98.5 Å². The molecule has 1 radical (unpaired) electrons. The summed E-state index contributed by atoms with van der Waals surface area (Å²) >= 11 is -2.24. The molecule has 0 amide bonds. The summed E-state index contributed by atoms with van der Waals surface area (Å²) in [5.74, 6) is 7.66. The number of hydrogen-bond acceptors (Lipinski definition) is 4. The van der Waals surface area contributed by atoms with Crippen LogP contribution in [0, 0.1) is 24.5 Å². The molecule has 5 nitrogen and oxygen atoms in total. The standard InChI is InChI=1S/C29H18N3O.C19H26GeN.Ir/c1-18-16-17-22-21-11-7-12-23(27(21)33-29(22)30-18)28-31-24-13-4-5-14-26(24)32(28)25-15-6-9-19-8-2-3-10-20(19)25;1-19(2,3)13-16-12-18(15-10-8-7-9-11-15)21-14-17(16)20(4,5)6;/h2-11,13-17H,1H3;7-10,12,14H,13H2,1-6H3;/q2*-1;/i;13D2;. The number of aromatic nitrogens is 4. The van der Waals surface area contributed by atoms with Gasteiger partial charge in [0.2, 0.25) is 5.71 Å². The van der Waals surface area contributed by atoms with Gasteiger partial charge in [0, 0.05) is 42.3 Å². The van der Waals surface area contributed by atoms with Crippen molar-refractivity contribution in [2.45, 2.75) is 51.3 Å². The number of imidazole rings is 1. The van der Waals surface area contributed by atoms with Crippen LogP contribution in [0.5, 0.6) is 0 Å². The van der Waals surface area contributed by atoms with Crippen LogP contribution in [0.1, 0.15) is 34.8 Å². The van der Waals surface area contributed by atoms with Crippen molar-refractivity contribution < 1.29 is 27.3 Å². The average Bonchev–Trinajstić information content (AvgIpc) is 3.75. The minimum absolute atomic E-state index is 0. The molecule has 0 aliphatic heterocycles. The average molecular weight is 960 g/mol. The Morgan fingerprint density at radius 2 is 1.55 bits per heavy atom. The molecule has 55 heavy (non-hydrogen) atoms. The Bertz CT molecular complexity index is 2880. The summed E-state index contributed by atoms with van der Waals surface area (Å²) in [7, 11) is 0. The van der Waals surface area contributed by atoms with Crippen molar-refractivity contribution in [3.63, 3.8) is 0 Å². The van der Waals surface area contributed by atoms with Crippen molar-refractivity contribution in [2.75, 3.05) is 0 Å². The summed E-state index contributed by atoms with van der Waals surface area (Å²) in [6.07, 6.45) is 0.502. The Balaban J connectivity index is 0.000000184. The summed E-state index contributed by atoms with van der Waals surface area (Å²) in [5.41, 5.74) is 8.22. The van der Waals surface area contributed by atoms with Gasteiger partial charge in [-0.05, 0) is 42.6 Å². The molecule has 0 spiro atoms. The Kier molecular flexibility index (Phi) is 9.98. The Hall–Kier alpha value is -4.88. The molecule has 0 aliphatic carbocycles. The molecule has 7 heteroatoms. The molecule has 0 unspecified atom stereocenters. The second-order valence-electron chi connectivity index (χ2n) is 15.8. The number of pyridine rings is 2. The third-order valence-corrected chi connectivity index (χ3v) is 13.7. The first-order chi connectivity index (χ1) is 26.7. The Labute approximate surface area is 342 Å². The Morgan fingerprint density at radius 3 is 2.33 bits per heavy atom. The summed E-state index contributed by atoms with van der Waals surface area (Å²) in [6.45, 7) is 7.85. The number of benzene rings is 5. The van der Waals surface area contributed by atoms with Gasteiger partial charge in [0.25, 0.3) is 0 Å². The van der Waals surface area contributed by atoms with Gasteiger partial charge in [-0.1, -0.05) is 59.5 Å². The number of hydrogen-bond donors (Lipinski definition) is 0. The Morgan fingerprint density at radius 1 is 0.782 bits per heavy atom. The van der Waals surface area contributed by atoms with Crippen molar-refractivity contribution in [1.29, 1.82) is 0 Å². The molecule has 0 aliphatic rings. The predicted molar refractivity (Wildman–Crippen MR) is 227 cm³/mol. The van der Waals surface area contributed by atoms with Gasteiger partial charge >= 0.3 is 135 Å². The number of fused-ring (bicyclic) bond motifs is 5. The molecule has 0 bridgehead atoms. The van der Waals surface area contributed by atoms with Gasteiger partial charge in [0.1, 0.15) is 0 Å². The summed E-state index contributed by atoms with van der Waals surface area (Å²) in [5, 5.41) is 4.37. The van der Waals surface area contributed by atoms with Gasteiger partial charge < -0.3 is 8.98 Å². The summed E-state index contributed by atoms with van der Waals surface area (Å²) in [4.78, 5) is 14.3. The molecule has 0 fully saturated rings. The van der Waals surface area contributed by atoms with Crippen LogP contribution in [0.3, 0.4) is 0 Å². The van der Waals surface area contributed by atoms with Crippen LogP contribution >= 0.6 is 0 Å². The molecular weight excluding hydrogens is 913 g/mol. The van der Waals surface area contributed by atoms with Crippen LogP contribution < -0.4 is 4.40 Å². The van der Waals surface area contributed by atoms with Gasteiger partial charge in [-0.3, -0.25) is 4.98 Å². The van der Waals surface area contributed by atoms with E-state index in [1.807, 2.05) is 101 Å². The zero-order valence-electron chi connectivity index (χ0n) is 34.2. The fourth-order valence-electron chi connectivity index (χ4n) is 6.98. The van der Waals surface area contributed by atoms with Crippen molar-refractivity contribution in [3.05, 3.63) is 151 Å². The largest absolute Gasteiger partial charge is 0 e. The van der Waals surface area contributed by atoms with Crippen LogP contribution in [-0.4, -0.2) is 32.8 Å². The quantitative estimate of drug-likeness (QED) is 0.127. The van der Waals surface area contributed by atoms with Gasteiger partial charge in [0.05, 0.1) is 22.4 Å². The minimum Gasteiger partial charge on any atom is 0 e. The van der Waals surface area contributed by atoms with E-state index in [0.717, 1.165) is 71.4 Å². The smallest absolute Gasteiger partial charge is 0 e. The predicted octanol–water partition coefficient (Wildman–Crippen LogP) is 11.9. The van der Waals surface area contributed by atoms with Crippen molar-refractivity contribution in [1.82, 2.24) is 19.5 Å². The fourth-order valence-corrected chi connectivity index (χ4v) is 9.91. The van der Waals surface area contributed by atoms with E-state index in [0.29, 0.717) is 5.71 Å². The van der Waals surface area contributed by atoms with E-state index >= 15 is 0 Å². The van der Waals surface area contributed by atoms with Gasteiger partial charge in [-0.2, -0.15) is 0 Å². The third kappa shape index (κ3) is 7.82. The first kappa shape index (κ1) is 35.8. The second-order valence-corrected chi connectivity index (χ2v) is 26.3. The van der Waals surface area contributed by atoms with Crippen LogP contribution in [-0.2, 0) is 26.5 Å². The first-order valence-electron chi connectivity index (χ1n) is 19.4. The molecule has 9 aromatic rings. The molecule has 4 aromatic heterocycles. The molecule has 5 aromatic carbocycles. The maximum atomic E-state index is 8.76. The van der Waals surface area contributed by atoms with E-state index in [9.17, 15) is 0 Å². The maximum absolute atomic E-state index is 8.76. The first-order valence-corrected chi connectivity index (χ1v) is 25.7. The molecule has 277 valence electrons. The molecule has 0 saturated heterocycles. The van der Waals surface area contributed by atoms with Gasteiger partial charge in [-0.15, -0.1) is 18.2 Å². The number of aryl methyl sites for hydroxylation is 1. The van der Waals surface area contributed by atoms with Crippen LogP contribution in [0.2, 0.25) is 17.3 Å². The van der Waals surface area contributed by atoms with E-state index in [4.69, 9.17) is 12.1 Å². The molecular formula is C48H44GeIrN4O-2. The summed E-state index contributed by atoms with van der Waals surface area (Å²) < 4.78 is 27.2. The van der Waals surface area contributed by atoms with E-state index in [1.165, 1.54) is 10.8 Å². The molecule has 9 rings (SSSR count). The molecule has 0 N–H and O–H groups in total. The van der Waals surface area contributed by atoms with E-state index < -0.39 is 25.1 Å². The number of rotatable bonds is 5. The van der Waals surface area contributed by atoms with Gasteiger partial charge in [0.15, 0.2) is 0 Å². The van der Waals surface area contributed by atoms with Crippen LogP contribution in [0.15, 0.2) is 132 Å². The van der Waals surface area contributed by atoms with Gasteiger partial charge in [-0.25, -0.2) is 4.98 Å². The topological polar surface area (TPSA) is 56.7 Å². The van der Waals surface area contributed by atoms with Crippen molar-refractivity contribution in [3.8, 4) is 28.3 Å².